The van der Waals surface area contributed by atoms with Gasteiger partial charge in [0.05, 0.1) is 13.3 Å². The fourth-order valence-corrected chi connectivity index (χ4v) is 2.50. The van der Waals surface area contributed by atoms with E-state index in [-0.39, 0.29) is 0 Å². The maximum atomic E-state index is 5.81. The lowest BCUT2D eigenvalue weighted by Gasteiger charge is -2.14. The third-order valence-electron chi connectivity index (χ3n) is 2.15. The normalized spacial score (nSPS) is 20.8. The van der Waals surface area contributed by atoms with Gasteiger partial charge in [0.1, 0.15) is 6.10 Å². The van der Waals surface area contributed by atoms with Gasteiger partial charge in [-0.2, -0.15) is 11.8 Å². The molecule has 76 valence electrons. The molecule has 2 rings (SSSR count). The second-order valence-corrected chi connectivity index (χ2v) is 4.28. The van der Waals surface area contributed by atoms with Crippen LogP contribution in [0.3, 0.4) is 0 Å². The van der Waals surface area contributed by atoms with Crippen LogP contribution in [0.5, 0.6) is 11.5 Å². The van der Waals surface area contributed by atoms with Gasteiger partial charge in [0.15, 0.2) is 11.5 Å². The van der Waals surface area contributed by atoms with E-state index in [9.17, 15) is 0 Å². The maximum absolute atomic E-state index is 5.81. The first kappa shape index (κ1) is 9.65. The second kappa shape index (κ2) is 4.55. The predicted octanol–water partition coefficient (Wildman–Crippen LogP) is 1.97. The van der Waals surface area contributed by atoms with Crippen molar-refractivity contribution in [1.82, 2.24) is 4.98 Å². The molecule has 0 N–H and O–H groups in total. The van der Waals surface area contributed by atoms with Gasteiger partial charge in [0.2, 0.25) is 0 Å². The zero-order valence-corrected chi connectivity index (χ0v) is 8.92. The lowest BCUT2D eigenvalue weighted by Crippen LogP contribution is -2.15. The SMILES string of the molecule is COc1cnccc1OC1CCSC1. The van der Waals surface area contributed by atoms with Gasteiger partial charge in [-0.05, 0) is 12.2 Å². The highest BCUT2D eigenvalue weighted by Gasteiger charge is 2.18. The van der Waals surface area contributed by atoms with Crippen LogP contribution < -0.4 is 9.47 Å². The Kier molecular flexibility index (Phi) is 3.14. The molecule has 0 aromatic carbocycles. The van der Waals surface area contributed by atoms with Crippen LogP contribution in [-0.4, -0.2) is 29.7 Å². The smallest absolute Gasteiger partial charge is 0.179 e. The second-order valence-electron chi connectivity index (χ2n) is 3.13. The molecule has 0 aliphatic carbocycles. The molecule has 2 heterocycles. The molecule has 0 radical (unpaired) electrons. The number of rotatable bonds is 3. The molecule has 0 bridgehead atoms. The number of ether oxygens (including phenoxy) is 2. The topological polar surface area (TPSA) is 31.4 Å². The summed E-state index contributed by atoms with van der Waals surface area (Å²) in [5.41, 5.74) is 0. The van der Waals surface area contributed by atoms with Crippen molar-refractivity contribution in [3.8, 4) is 11.5 Å². The summed E-state index contributed by atoms with van der Waals surface area (Å²) in [5, 5.41) is 0. The summed E-state index contributed by atoms with van der Waals surface area (Å²) < 4.78 is 11.0. The Morgan fingerprint density at radius 2 is 2.43 bits per heavy atom. The fraction of sp³-hybridized carbons (Fsp3) is 0.500. The van der Waals surface area contributed by atoms with E-state index in [2.05, 4.69) is 4.98 Å². The van der Waals surface area contributed by atoms with Crippen LogP contribution in [0.4, 0.5) is 0 Å². The Morgan fingerprint density at radius 1 is 1.50 bits per heavy atom. The van der Waals surface area contributed by atoms with Gasteiger partial charge in [-0.25, -0.2) is 0 Å². The Labute approximate surface area is 87.8 Å². The number of methoxy groups -OCH3 is 1. The summed E-state index contributed by atoms with van der Waals surface area (Å²) in [6, 6.07) is 1.85. The zero-order valence-electron chi connectivity index (χ0n) is 8.10. The zero-order chi connectivity index (χ0) is 9.80. The first-order chi connectivity index (χ1) is 6.90. The number of pyridine rings is 1. The van der Waals surface area contributed by atoms with Crippen LogP contribution in [0, 0.1) is 0 Å². The van der Waals surface area contributed by atoms with Crippen LogP contribution in [0.25, 0.3) is 0 Å². The average Bonchev–Trinajstić information content (AvgIpc) is 2.71. The lowest BCUT2D eigenvalue weighted by molar-refractivity contribution is 0.218. The van der Waals surface area contributed by atoms with Crippen molar-refractivity contribution in [1.29, 1.82) is 0 Å². The molecule has 1 saturated heterocycles. The molecule has 1 aromatic rings. The lowest BCUT2D eigenvalue weighted by atomic mass is 10.3. The molecule has 4 heteroatoms. The maximum Gasteiger partial charge on any atom is 0.179 e. The quantitative estimate of drug-likeness (QED) is 0.765. The standard InChI is InChI=1S/C10H13NO2S/c1-12-10-6-11-4-2-9(10)13-8-3-5-14-7-8/h2,4,6,8H,3,5,7H2,1H3. The van der Waals surface area contributed by atoms with Gasteiger partial charge in [-0.1, -0.05) is 0 Å². The van der Waals surface area contributed by atoms with E-state index in [4.69, 9.17) is 9.47 Å². The fourth-order valence-electron chi connectivity index (χ4n) is 1.40. The molecule has 3 nitrogen and oxygen atoms in total. The van der Waals surface area contributed by atoms with Gasteiger partial charge in [-0.15, -0.1) is 0 Å². The molecule has 1 unspecified atom stereocenters. The summed E-state index contributed by atoms with van der Waals surface area (Å²) >= 11 is 1.93. The number of thioether (sulfide) groups is 1. The van der Waals surface area contributed by atoms with Crippen molar-refractivity contribution in [2.45, 2.75) is 12.5 Å². The van der Waals surface area contributed by atoms with Gasteiger partial charge in [0.25, 0.3) is 0 Å². The molecule has 14 heavy (non-hydrogen) atoms. The van der Waals surface area contributed by atoms with Crippen molar-refractivity contribution in [3.63, 3.8) is 0 Å². The van der Waals surface area contributed by atoms with Crippen molar-refractivity contribution < 1.29 is 9.47 Å². The van der Waals surface area contributed by atoms with Crippen molar-refractivity contribution in [2.24, 2.45) is 0 Å². The van der Waals surface area contributed by atoms with Crippen LogP contribution in [0.2, 0.25) is 0 Å². The Morgan fingerprint density at radius 3 is 3.14 bits per heavy atom. The van der Waals surface area contributed by atoms with Crippen LogP contribution in [-0.2, 0) is 0 Å². The van der Waals surface area contributed by atoms with Crippen molar-refractivity contribution >= 4 is 11.8 Å². The largest absolute Gasteiger partial charge is 0.491 e. The van der Waals surface area contributed by atoms with E-state index in [1.807, 2.05) is 17.8 Å². The molecule has 1 aliphatic rings. The molecule has 1 aliphatic heterocycles. The highest BCUT2D eigenvalue weighted by atomic mass is 32.2. The molecule has 1 aromatic heterocycles. The third-order valence-corrected chi connectivity index (χ3v) is 3.28. The van der Waals surface area contributed by atoms with E-state index < -0.39 is 0 Å². The van der Waals surface area contributed by atoms with E-state index in [1.54, 1.807) is 19.5 Å². The highest BCUT2D eigenvalue weighted by molar-refractivity contribution is 7.99. The minimum Gasteiger partial charge on any atom is -0.491 e. The molecular weight excluding hydrogens is 198 g/mol. The molecule has 0 amide bonds. The number of hydrogen-bond donors (Lipinski definition) is 0. The summed E-state index contributed by atoms with van der Waals surface area (Å²) in [7, 11) is 1.63. The molecule has 1 fully saturated rings. The first-order valence-electron chi connectivity index (χ1n) is 4.62. The Balaban J connectivity index is 2.07. The van der Waals surface area contributed by atoms with Crippen molar-refractivity contribution in [2.75, 3.05) is 18.6 Å². The Bertz CT molecular complexity index is 300. The predicted molar refractivity (Wildman–Crippen MR) is 57.1 cm³/mol. The summed E-state index contributed by atoms with van der Waals surface area (Å²) in [6.07, 6.45) is 4.85. The van der Waals surface area contributed by atoms with Crippen LogP contribution >= 0.6 is 11.8 Å². The number of aromatic nitrogens is 1. The van der Waals surface area contributed by atoms with Gasteiger partial charge < -0.3 is 9.47 Å². The third kappa shape index (κ3) is 2.12. The molecular formula is C10H13NO2S. The monoisotopic (exact) mass is 211 g/mol. The van der Waals surface area contributed by atoms with Gasteiger partial charge >= 0.3 is 0 Å². The summed E-state index contributed by atoms with van der Waals surface area (Å²) in [6.45, 7) is 0. The van der Waals surface area contributed by atoms with Crippen LogP contribution in [0.15, 0.2) is 18.5 Å². The average molecular weight is 211 g/mol. The molecule has 0 spiro atoms. The van der Waals surface area contributed by atoms with Gasteiger partial charge in [0, 0.05) is 18.0 Å². The molecule has 0 saturated carbocycles. The number of hydrogen-bond acceptors (Lipinski definition) is 4. The number of nitrogens with zero attached hydrogens (tertiary/aromatic N) is 1. The minimum absolute atomic E-state index is 0.330. The Hall–Kier alpha value is -0.900. The minimum atomic E-state index is 0.330. The summed E-state index contributed by atoms with van der Waals surface area (Å²) in [4.78, 5) is 3.98. The van der Waals surface area contributed by atoms with Crippen molar-refractivity contribution in [3.05, 3.63) is 18.5 Å². The van der Waals surface area contributed by atoms with E-state index in [1.165, 1.54) is 5.75 Å². The van der Waals surface area contributed by atoms with E-state index >= 15 is 0 Å². The van der Waals surface area contributed by atoms with Gasteiger partial charge in [-0.3, -0.25) is 4.98 Å². The highest BCUT2D eigenvalue weighted by Crippen LogP contribution is 2.29. The van der Waals surface area contributed by atoms with E-state index in [0.29, 0.717) is 11.9 Å². The summed E-state index contributed by atoms with van der Waals surface area (Å²) in [5.74, 6) is 3.78. The van der Waals surface area contributed by atoms with Crippen LogP contribution in [0.1, 0.15) is 6.42 Å². The first-order valence-corrected chi connectivity index (χ1v) is 5.78. The van der Waals surface area contributed by atoms with E-state index in [0.717, 1.165) is 17.9 Å². The molecule has 1 atom stereocenters.